The monoisotopic (exact) mass is 432 g/mol. The fourth-order valence-corrected chi connectivity index (χ4v) is 5.25. The summed E-state index contributed by atoms with van der Waals surface area (Å²) in [7, 11) is 0. The first kappa shape index (κ1) is 20.8. The molecule has 2 heterocycles. The number of benzene rings is 2. The summed E-state index contributed by atoms with van der Waals surface area (Å²) >= 11 is 1.43. The first-order chi connectivity index (χ1) is 15.1. The maximum absolute atomic E-state index is 12.1. The minimum Gasteiger partial charge on any atom is -0.365 e. The lowest BCUT2D eigenvalue weighted by Crippen LogP contribution is -2.45. The molecule has 2 aliphatic rings. The Labute approximate surface area is 186 Å². The minimum atomic E-state index is -0.429. The highest BCUT2D eigenvalue weighted by Gasteiger charge is 2.41. The van der Waals surface area contributed by atoms with Crippen LogP contribution in [-0.4, -0.2) is 45.2 Å². The summed E-state index contributed by atoms with van der Waals surface area (Å²) < 4.78 is 0. The van der Waals surface area contributed by atoms with E-state index in [1.807, 2.05) is 49.5 Å². The summed E-state index contributed by atoms with van der Waals surface area (Å²) in [6.07, 6.45) is 1.96. The van der Waals surface area contributed by atoms with E-state index < -0.39 is 5.91 Å². The van der Waals surface area contributed by atoms with Crippen molar-refractivity contribution < 1.29 is 4.79 Å². The number of allylic oxidation sites excluding steroid dienone is 1. The van der Waals surface area contributed by atoms with Crippen LogP contribution < -0.4 is 5.73 Å². The van der Waals surface area contributed by atoms with E-state index in [1.165, 1.54) is 11.8 Å². The van der Waals surface area contributed by atoms with Gasteiger partial charge in [0.25, 0.3) is 5.91 Å². The molecule has 0 aromatic heterocycles. The number of aliphatic imine (C=N–C) groups is 1. The molecular formula is C23H24N6OS. The van der Waals surface area contributed by atoms with Gasteiger partial charge < -0.3 is 20.4 Å². The second-order valence-electron chi connectivity index (χ2n) is 7.45. The molecule has 2 aromatic carbocycles. The van der Waals surface area contributed by atoms with Gasteiger partial charge in [0.2, 0.25) is 12.2 Å². The van der Waals surface area contributed by atoms with Gasteiger partial charge in [-0.3, -0.25) is 4.79 Å². The van der Waals surface area contributed by atoms with Gasteiger partial charge in [-0.25, -0.2) is 0 Å². The van der Waals surface area contributed by atoms with Crippen LogP contribution in [0, 0.1) is 11.5 Å². The number of hydrogen-bond donors (Lipinski definition) is 1. The Balaban J connectivity index is 1.62. The van der Waals surface area contributed by atoms with E-state index in [0.29, 0.717) is 30.5 Å². The van der Waals surface area contributed by atoms with E-state index in [2.05, 4.69) is 44.0 Å². The average Bonchev–Trinajstić information content (AvgIpc) is 3.31. The number of nitrogens with zero attached hydrogens (tertiary/aromatic N) is 5. The molecule has 2 aromatic rings. The second-order valence-corrected chi connectivity index (χ2v) is 8.51. The van der Waals surface area contributed by atoms with Gasteiger partial charge in [0.1, 0.15) is 0 Å². The lowest BCUT2D eigenvalue weighted by atomic mass is 10.2. The smallest absolute Gasteiger partial charge is 0.257 e. The molecule has 0 spiro atoms. The molecule has 0 radical (unpaired) electrons. The quantitative estimate of drug-likeness (QED) is 0.706. The summed E-state index contributed by atoms with van der Waals surface area (Å²) in [5.41, 5.74) is 8.62. The lowest BCUT2D eigenvalue weighted by molar-refractivity contribution is -0.114. The third-order valence-electron chi connectivity index (χ3n) is 5.45. The topological polar surface area (TPSA) is 89.0 Å². The molecule has 1 amide bonds. The Morgan fingerprint density at radius 3 is 2.29 bits per heavy atom. The van der Waals surface area contributed by atoms with Gasteiger partial charge in [0.05, 0.1) is 4.91 Å². The van der Waals surface area contributed by atoms with Crippen molar-refractivity contribution in [3.8, 4) is 6.19 Å². The summed E-state index contributed by atoms with van der Waals surface area (Å²) in [6, 6.07) is 20.2. The molecule has 158 valence electrons. The molecule has 8 heteroatoms. The Morgan fingerprint density at radius 2 is 1.71 bits per heavy atom. The van der Waals surface area contributed by atoms with Crippen molar-refractivity contribution in [1.82, 2.24) is 14.7 Å². The van der Waals surface area contributed by atoms with Gasteiger partial charge in [-0.05, 0) is 18.1 Å². The SMILES string of the molecule is CC1=C(C(N)=O)SC(N2CCN(Cc3ccccc3)C2=NC#N)N1Cc1ccccc1. The van der Waals surface area contributed by atoms with Gasteiger partial charge in [-0.15, -0.1) is 4.99 Å². The van der Waals surface area contributed by atoms with Crippen molar-refractivity contribution in [3.05, 3.63) is 82.4 Å². The highest BCUT2D eigenvalue weighted by molar-refractivity contribution is 8.04. The molecule has 2 N–H and O–H groups in total. The van der Waals surface area contributed by atoms with Crippen LogP contribution in [0.1, 0.15) is 18.1 Å². The van der Waals surface area contributed by atoms with E-state index in [9.17, 15) is 10.1 Å². The van der Waals surface area contributed by atoms with E-state index in [4.69, 9.17) is 5.73 Å². The molecule has 2 aliphatic heterocycles. The van der Waals surface area contributed by atoms with Crippen LogP contribution in [0.25, 0.3) is 0 Å². The molecule has 1 atom stereocenters. The van der Waals surface area contributed by atoms with Gasteiger partial charge >= 0.3 is 0 Å². The van der Waals surface area contributed by atoms with Crippen LogP contribution in [0.5, 0.6) is 0 Å². The third-order valence-corrected chi connectivity index (χ3v) is 6.90. The molecular weight excluding hydrogens is 408 g/mol. The van der Waals surface area contributed by atoms with Crippen molar-refractivity contribution in [2.24, 2.45) is 10.7 Å². The van der Waals surface area contributed by atoms with Gasteiger partial charge in [-0.2, -0.15) is 5.26 Å². The Morgan fingerprint density at radius 1 is 1.10 bits per heavy atom. The van der Waals surface area contributed by atoms with Crippen molar-refractivity contribution >= 4 is 23.6 Å². The maximum atomic E-state index is 12.1. The van der Waals surface area contributed by atoms with Crippen LogP contribution >= 0.6 is 11.8 Å². The molecule has 1 unspecified atom stereocenters. The van der Waals surface area contributed by atoms with E-state index in [-0.39, 0.29) is 5.50 Å². The normalized spacial score (nSPS) is 19.9. The van der Waals surface area contributed by atoms with Crippen molar-refractivity contribution in [3.63, 3.8) is 0 Å². The molecule has 31 heavy (non-hydrogen) atoms. The van der Waals surface area contributed by atoms with Crippen LogP contribution in [0.15, 0.2) is 76.3 Å². The molecule has 0 bridgehead atoms. The number of thioether (sulfide) groups is 1. The number of carbonyl (C=O) groups is 1. The number of rotatable bonds is 6. The molecule has 0 aliphatic carbocycles. The van der Waals surface area contributed by atoms with Crippen LogP contribution in [0.2, 0.25) is 0 Å². The minimum absolute atomic E-state index is 0.199. The number of amides is 1. The maximum Gasteiger partial charge on any atom is 0.257 e. The summed E-state index contributed by atoms with van der Waals surface area (Å²) in [5.74, 6) is 0.197. The Hall–Kier alpha value is -3.44. The molecule has 1 fully saturated rings. The zero-order valence-corrected chi connectivity index (χ0v) is 18.1. The van der Waals surface area contributed by atoms with Gasteiger partial charge in [0.15, 0.2) is 5.50 Å². The van der Waals surface area contributed by atoms with Gasteiger partial charge in [0, 0.05) is 31.9 Å². The average molecular weight is 433 g/mol. The fourth-order valence-electron chi connectivity index (χ4n) is 3.95. The fraction of sp³-hybridized carbons (Fsp3) is 0.261. The van der Waals surface area contributed by atoms with Crippen molar-refractivity contribution in [2.45, 2.75) is 25.5 Å². The summed E-state index contributed by atoms with van der Waals surface area (Å²) in [6.45, 7) is 4.68. The van der Waals surface area contributed by atoms with Crippen LogP contribution in [0.3, 0.4) is 0 Å². The van der Waals surface area contributed by atoms with Gasteiger partial charge in [-0.1, -0.05) is 72.4 Å². The molecule has 1 saturated heterocycles. The molecule has 0 saturated carbocycles. The highest BCUT2D eigenvalue weighted by Crippen LogP contribution is 2.41. The predicted molar refractivity (Wildman–Crippen MR) is 122 cm³/mol. The predicted octanol–water partition coefficient (Wildman–Crippen LogP) is 2.89. The molecule has 7 nitrogen and oxygen atoms in total. The highest BCUT2D eigenvalue weighted by atomic mass is 32.2. The number of nitrogens with two attached hydrogens (primary N) is 1. The van der Waals surface area contributed by atoms with E-state index in [0.717, 1.165) is 23.4 Å². The first-order valence-corrected chi connectivity index (χ1v) is 11.0. The number of carbonyl (C=O) groups excluding carboxylic acids is 1. The van der Waals surface area contributed by atoms with E-state index >= 15 is 0 Å². The largest absolute Gasteiger partial charge is 0.365 e. The van der Waals surface area contributed by atoms with Crippen molar-refractivity contribution in [2.75, 3.05) is 13.1 Å². The number of nitriles is 1. The van der Waals surface area contributed by atoms with E-state index in [1.54, 1.807) is 0 Å². The van der Waals surface area contributed by atoms with Crippen LogP contribution in [-0.2, 0) is 17.9 Å². The van der Waals surface area contributed by atoms with Crippen molar-refractivity contribution in [1.29, 1.82) is 5.26 Å². The molecule has 4 rings (SSSR count). The second kappa shape index (κ2) is 9.14. The number of primary amides is 1. The third kappa shape index (κ3) is 4.37. The zero-order valence-electron chi connectivity index (χ0n) is 17.3. The summed E-state index contributed by atoms with van der Waals surface area (Å²) in [4.78, 5) is 23.2. The number of hydrogen-bond acceptors (Lipinski definition) is 5. The van der Waals surface area contributed by atoms with Crippen LogP contribution in [0.4, 0.5) is 0 Å². The Kier molecular flexibility index (Phi) is 6.14. The summed E-state index contributed by atoms with van der Waals surface area (Å²) in [5, 5.41) is 9.37. The standard InChI is InChI=1S/C23H24N6OS/c1-17-20(21(25)30)31-23(29(17)15-19-10-6-3-7-11-19)28-13-12-27(22(28)26-16-24)14-18-8-4-2-5-9-18/h2-11,23H,12-15H2,1H3,(H2,25,30). The lowest BCUT2D eigenvalue weighted by Gasteiger charge is -2.35. The zero-order chi connectivity index (χ0) is 21.8. The number of guanidine groups is 1. The first-order valence-electron chi connectivity index (χ1n) is 10.1. The Bertz CT molecular complexity index is 1050.